The second kappa shape index (κ2) is 6.52. The summed E-state index contributed by atoms with van der Waals surface area (Å²) in [4.78, 5) is 8.93. The number of nitrogens with zero attached hydrogens (tertiary/aromatic N) is 5. The number of rotatable bonds is 3. The number of aromatic nitrogens is 5. The standard InChI is InChI=1S/C21H19N5/c1-14-9-7-8-12-18(14)21-25-24-20(17-10-5-4-6-11-17)26(21)19-13-22-16(3)23-15(19)2/h4-13H,1-3H3. The Hall–Kier alpha value is -3.34. The minimum absolute atomic E-state index is 0.748. The molecule has 0 N–H and O–H groups in total. The predicted octanol–water partition coefficient (Wildman–Crippen LogP) is 4.32. The summed E-state index contributed by atoms with van der Waals surface area (Å²) in [6.07, 6.45) is 1.84. The van der Waals surface area contributed by atoms with Crippen molar-refractivity contribution in [3.8, 4) is 28.5 Å². The molecule has 2 aromatic carbocycles. The van der Waals surface area contributed by atoms with Crippen LogP contribution in [0.4, 0.5) is 0 Å². The molecule has 26 heavy (non-hydrogen) atoms. The Labute approximate surface area is 152 Å². The van der Waals surface area contributed by atoms with Crippen LogP contribution in [0.5, 0.6) is 0 Å². The molecule has 5 nitrogen and oxygen atoms in total. The molecule has 0 bridgehead atoms. The summed E-state index contributed by atoms with van der Waals surface area (Å²) in [6.45, 7) is 5.96. The monoisotopic (exact) mass is 341 g/mol. The lowest BCUT2D eigenvalue weighted by Gasteiger charge is -2.13. The first kappa shape index (κ1) is 16.1. The lowest BCUT2D eigenvalue weighted by Crippen LogP contribution is -2.06. The molecule has 0 aliphatic carbocycles. The third kappa shape index (κ3) is 2.77. The largest absolute Gasteiger partial charge is 0.272 e. The van der Waals surface area contributed by atoms with Crippen molar-refractivity contribution in [1.82, 2.24) is 24.7 Å². The fraction of sp³-hybridized carbons (Fsp3) is 0.143. The molecule has 0 saturated carbocycles. The van der Waals surface area contributed by atoms with E-state index < -0.39 is 0 Å². The molecule has 0 spiro atoms. The van der Waals surface area contributed by atoms with Gasteiger partial charge in [-0.1, -0.05) is 54.6 Å². The zero-order valence-corrected chi connectivity index (χ0v) is 15.0. The van der Waals surface area contributed by atoms with E-state index in [2.05, 4.69) is 39.2 Å². The molecule has 5 heteroatoms. The van der Waals surface area contributed by atoms with Gasteiger partial charge in [0.1, 0.15) is 5.82 Å². The Morgan fingerprint density at radius 3 is 2.19 bits per heavy atom. The summed E-state index contributed by atoms with van der Waals surface area (Å²) in [5, 5.41) is 9.02. The molecule has 4 rings (SSSR count). The Balaban J connectivity index is 2.03. The minimum atomic E-state index is 0.748. The molecule has 0 atom stereocenters. The van der Waals surface area contributed by atoms with E-state index in [9.17, 15) is 0 Å². The van der Waals surface area contributed by atoms with E-state index in [1.807, 2.05) is 67.1 Å². The third-order valence-corrected chi connectivity index (χ3v) is 4.40. The highest BCUT2D eigenvalue weighted by Gasteiger charge is 2.20. The Morgan fingerprint density at radius 1 is 0.769 bits per heavy atom. The van der Waals surface area contributed by atoms with Gasteiger partial charge in [0, 0.05) is 11.1 Å². The van der Waals surface area contributed by atoms with Crippen molar-refractivity contribution in [1.29, 1.82) is 0 Å². The first-order valence-corrected chi connectivity index (χ1v) is 8.52. The first-order valence-electron chi connectivity index (χ1n) is 8.52. The smallest absolute Gasteiger partial charge is 0.169 e. The molecule has 2 aromatic heterocycles. The van der Waals surface area contributed by atoms with E-state index >= 15 is 0 Å². The van der Waals surface area contributed by atoms with Gasteiger partial charge in [-0.2, -0.15) is 0 Å². The Kier molecular flexibility index (Phi) is 4.05. The van der Waals surface area contributed by atoms with E-state index in [4.69, 9.17) is 0 Å². The first-order chi connectivity index (χ1) is 12.6. The molecular formula is C21H19N5. The predicted molar refractivity (Wildman–Crippen MR) is 102 cm³/mol. The van der Waals surface area contributed by atoms with Gasteiger partial charge < -0.3 is 0 Å². The maximum atomic E-state index is 4.53. The zero-order valence-electron chi connectivity index (χ0n) is 15.0. The molecule has 4 aromatic rings. The van der Waals surface area contributed by atoms with Crippen molar-refractivity contribution >= 4 is 0 Å². The van der Waals surface area contributed by atoms with E-state index in [1.54, 1.807) is 0 Å². The van der Waals surface area contributed by atoms with Crippen molar-refractivity contribution in [2.45, 2.75) is 20.8 Å². The van der Waals surface area contributed by atoms with Gasteiger partial charge in [0.15, 0.2) is 11.6 Å². The average molecular weight is 341 g/mol. The molecular weight excluding hydrogens is 322 g/mol. The molecule has 0 radical (unpaired) electrons. The number of benzene rings is 2. The highest BCUT2D eigenvalue weighted by atomic mass is 15.3. The van der Waals surface area contributed by atoms with Crippen molar-refractivity contribution in [2.75, 3.05) is 0 Å². The summed E-state index contributed by atoms with van der Waals surface area (Å²) >= 11 is 0. The highest BCUT2D eigenvalue weighted by Crippen LogP contribution is 2.30. The summed E-state index contributed by atoms with van der Waals surface area (Å²) in [5.41, 5.74) is 4.97. The average Bonchev–Trinajstić information content (AvgIpc) is 3.07. The van der Waals surface area contributed by atoms with Crippen LogP contribution in [0.2, 0.25) is 0 Å². The second-order valence-corrected chi connectivity index (χ2v) is 6.25. The van der Waals surface area contributed by atoms with Gasteiger partial charge in [-0.25, -0.2) is 9.97 Å². The van der Waals surface area contributed by atoms with Crippen molar-refractivity contribution in [3.63, 3.8) is 0 Å². The van der Waals surface area contributed by atoms with Gasteiger partial charge >= 0.3 is 0 Å². The minimum Gasteiger partial charge on any atom is -0.272 e. The van der Waals surface area contributed by atoms with Crippen molar-refractivity contribution in [2.24, 2.45) is 0 Å². The molecule has 0 saturated heterocycles. The van der Waals surface area contributed by atoms with Crippen LogP contribution in [0, 0.1) is 20.8 Å². The van der Waals surface area contributed by atoms with Crippen LogP contribution in [-0.4, -0.2) is 24.7 Å². The van der Waals surface area contributed by atoms with E-state index in [0.717, 1.165) is 45.5 Å². The Bertz CT molecular complexity index is 1070. The van der Waals surface area contributed by atoms with Crippen LogP contribution in [0.3, 0.4) is 0 Å². The van der Waals surface area contributed by atoms with Crippen LogP contribution in [0.25, 0.3) is 28.5 Å². The normalized spacial score (nSPS) is 10.9. The molecule has 0 aliphatic heterocycles. The van der Waals surface area contributed by atoms with E-state index in [0.29, 0.717) is 0 Å². The van der Waals surface area contributed by atoms with Crippen LogP contribution < -0.4 is 0 Å². The van der Waals surface area contributed by atoms with Gasteiger partial charge in [-0.15, -0.1) is 10.2 Å². The van der Waals surface area contributed by atoms with E-state index in [-0.39, 0.29) is 0 Å². The lowest BCUT2D eigenvalue weighted by molar-refractivity contribution is 0.944. The summed E-state index contributed by atoms with van der Waals surface area (Å²) in [7, 11) is 0. The van der Waals surface area contributed by atoms with Crippen LogP contribution >= 0.6 is 0 Å². The maximum Gasteiger partial charge on any atom is 0.169 e. The second-order valence-electron chi connectivity index (χ2n) is 6.25. The van der Waals surface area contributed by atoms with Gasteiger partial charge in [0.25, 0.3) is 0 Å². The highest BCUT2D eigenvalue weighted by molar-refractivity contribution is 5.68. The molecule has 2 heterocycles. The fourth-order valence-corrected chi connectivity index (χ4v) is 3.08. The Morgan fingerprint density at radius 2 is 1.46 bits per heavy atom. The molecule has 128 valence electrons. The SMILES string of the molecule is Cc1ncc(-n2c(-c3ccccc3)nnc2-c2ccccc2C)c(C)n1. The van der Waals surface area contributed by atoms with E-state index in [1.165, 1.54) is 0 Å². The fourth-order valence-electron chi connectivity index (χ4n) is 3.08. The quantitative estimate of drug-likeness (QED) is 0.557. The van der Waals surface area contributed by atoms with Gasteiger partial charge in [-0.05, 0) is 26.3 Å². The molecule has 0 aliphatic rings. The third-order valence-electron chi connectivity index (χ3n) is 4.40. The summed E-state index contributed by atoms with van der Waals surface area (Å²) in [6, 6.07) is 18.2. The van der Waals surface area contributed by atoms with Gasteiger partial charge in [0.2, 0.25) is 0 Å². The maximum absolute atomic E-state index is 4.53. The molecule has 0 fully saturated rings. The van der Waals surface area contributed by atoms with Crippen LogP contribution in [-0.2, 0) is 0 Å². The number of hydrogen-bond donors (Lipinski definition) is 0. The summed E-state index contributed by atoms with van der Waals surface area (Å²) < 4.78 is 2.05. The molecule has 0 unspecified atom stereocenters. The van der Waals surface area contributed by atoms with Crippen molar-refractivity contribution in [3.05, 3.63) is 77.9 Å². The van der Waals surface area contributed by atoms with Gasteiger partial charge in [0.05, 0.1) is 17.6 Å². The van der Waals surface area contributed by atoms with Crippen molar-refractivity contribution < 1.29 is 0 Å². The van der Waals surface area contributed by atoms with Gasteiger partial charge in [-0.3, -0.25) is 4.57 Å². The zero-order chi connectivity index (χ0) is 18.1. The summed E-state index contributed by atoms with van der Waals surface area (Å²) in [5.74, 6) is 2.31. The topological polar surface area (TPSA) is 56.5 Å². The number of hydrogen-bond acceptors (Lipinski definition) is 4. The number of aryl methyl sites for hydroxylation is 3. The molecule has 0 amide bonds. The van der Waals surface area contributed by atoms with Crippen LogP contribution in [0.15, 0.2) is 60.8 Å². The van der Waals surface area contributed by atoms with Crippen LogP contribution in [0.1, 0.15) is 17.1 Å². The lowest BCUT2D eigenvalue weighted by atomic mass is 10.1.